The standard InChI is InChI=1S/C27H17ClF3N3O4S/c1-38-25-12-21(16-8-17(28)11-19(30)9-16)22(31)13-24(25)34-23-5-4-20(10-15(23)2-7-27(34)35)39(36,37)33-26-6-3-18(29)14-32-26/h2-14H,1H3,(H,32,33). The van der Waals surface area contributed by atoms with Crippen LogP contribution in [0, 0.1) is 17.5 Å². The Morgan fingerprint density at radius 3 is 2.41 bits per heavy atom. The van der Waals surface area contributed by atoms with Crippen molar-refractivity contribution in [3.8, 4) is 22.6 Å². The molecule has 0 fully saturated rings. The molecule has 0 spiro atoms. The molecule has 2 aromatic heterocycles. The fraction of sp³-hybridized carbons (Fsp3) is 0.0370. The fourth-order valence-electron chi connectivity index (χ4n) is 4.08. The molecule has 0 aliphatic heterocycles. The van der Waals surface area contributed by atoms with Crippen LogP contribution in [-0.4, -0.2) is 25.1 Å². The predicted octanol–water partition coefficient (Wildman–Crippen LogP) is 5.93. The molecular weight excluding hydrogens is 555 g/mol. The van der Waals surface area contributed by atoms with Gasteiger partial charge >= 0.3 is 0 Å². The van der Waals surface area contributed by atoms with Gasteiger partial charge in [0.25, 0.3) is 15.6 Å². The lowest BCUT2D eigenvalue weighted by Crippen LogP contribution is -2.19. The van der Waals surface area contributed by atoms with E-state index in [0.29, 0.717) is 5.39 Å². The normalized spacial score (nSPS) is 11.5. The first-order valence-electron chi connectivity index (χ1n) is 11.2. The van der Waals surface area contributed by atoms with Crippen molar-refractivity contribution in [2.24, 2.45) is 0 Å². The van der Waals surface area contributed by atoms with Crippen molar-refractivity contribution in [3.05, 3.63) is 112 Å². The van der Waals surface area contributed by atoms with E-state index in [2.05, 4.69) is 9.71 Å². The number of fused-ring (bicyclic) bond motifs is 1. The van der Waals surface area contributed by atoms with Gasteiger partial charge < -0.3 is 4.74 Å². The first kappa shape index (κ1) is 26.3. The number of nitrogens with one attached hydrogen (secondary N) is 1. The minimum atomic E-state index is -4.12. The molecule has 0 unspecified atom stereocenters. The van der Waals surface area contributed by atoms with Gasteiger partial charge in [-0.2, -0.15) is 0 Å². The molecule has 0 bridgehead atoms. The number of halogens is 4. The Kier molecular flexibility index (Phi) is 6.79. The summed E-state index contributed by atoms with van der Waals surface area (Å²) >= 11 is 5.93. The van der Waals surface area contributed by atoms with Crippen molar-refractivity contribution in [3.63, 3.8) is 0 Å². The average Bonchev–Trinajstić information content (AvgIpc) is 2.89. The molecule has 0 radical (unpaired) electrons. The van der Waals surface area contributed by atoms with E-state index < -0.39 is 33.0 Å². The number of rotatable bonds is 6. The van der Waals surface area contributed by atoms with Gasteiger partial charge in [-0.1, -0.05) is 11.6 Å². The lowest BCUT2D eigenvalue weighted by Gasteiger charge is -2.17. The lowest BCUT2D eigenvalue weighted by molar-refractivity contribution is 0.412. The maximum atomic E-state index is 15.3. The molecule has 12 heteroatoms. The van der Waals surface area contributed by atoms with Crippen LogP contribution in [0.2, 0.25) is 5.02 Å². The van der Waals surface area contributed by atoms with Crippen LogP contribution in [0.3, 0.4) is 0 Å². The van der Waals surface area contributed by atoms with Crippen molar-refractivity contribution in [1.82, 2.24) is 9.55 Å². The van der Waals surface area contributed by atoms with Gasteiger partial charge in [0.05, 0.1) is 29.4 Å². The summed E-state index contributed by atoms with van der Waals surface area (Å²) in [6.07, 6.45) is 0.873. The highest BCUT2D eigenvalue weighted by atomic mass is 35.5. The van der Waals surface area contributed by atoms with Gasteiger partial charge in [-0.15, -0.1) is 0 Å². The second kappa shape index (κ2) is 10.1. The third-order valence-corrected chi connectivity index (χ3v) is 7.40. The van der Waals surface area contributed by atoms with Crippen molar-refractivity contribution in [2.45, 2.75) is 4.90 Å². The molecule has 0 atom stereocenters. The second-order valence-electron chi connectivity index (χ2n) is 8.36. The third kappa shape index (κ3) is 5.18. The van der Waals surface area contributed by atoms with Gasteiger partial charge in [-0.05, 0) is 66.2 Å². The summed E-state index contributed by atoms with van der Waals surface area (Å²) in [6.45, 7) is 0. The fourth-order valence-corrected chi connectivity index (χ4v) is 5.35. The van der Waals surface area contributed by atoms with Gasteiger partial charge in [0.15, 0.2) is 0 Å². The van der Waals surface area contributed by atoms with Crippen molar-refractivity contribution in [1.29, 1.82) is 0 Å². The zero-order valence-corrected chi connectivity index (χ0v) is 21.5. The van der Waals surface area contributed by atoms with Crippen LogP contribution < -0.4 is 15.0 Å². The van der Waals surface area contributed by atoms with E-state index >= 15 is 4.39 Å². The first-order valence-corrected chi connectivity index (χ1v) is 13.1. The third-order valence-electron chi connectivity index (χ3n) is 5.83. The largest absolute Gasteiger partial charge is 0.495 e. The maximum absolute atomic E-state index is 15.3. The Morgan fingerprint density at radius 2 is 1.72 bits per heavy atom. The monoisotopic (exact) mass is 571 g/mol. The SMILES string of the molecule is COc1cc(-c2cc(F)cc(Cl)c2)c(F)cc1-n1c(=O)ccc2cc(S(=O)(=O)Nc3ccc(F)cn3)ccc21. The molecule has 0 saturated carbocycles. The summed E-state index contributed by atoms with van der Waals surface area (Å²) in [4.78, 5) is 16.5. The van der Waals surface area contributed by atoms with Crippen LogP contribution in [0.1, 0.15) is 0 Å². The molecular formula is C27H17ClF3N3O4S. The van der Waals surface area contributed by atoms with E-state index in [-0.39, 0.29) is 43.8 Å². The summed E-state index contributed by atoms with van der Waals surface area (Å²) < 4.78 is 77.0. The molecule has 2 heterocycles. The summed E-state index contributed by atoms with van der Waals surface area (Å²) in [6, 6.07) is 14.8. The van der Waals surface area contributed by atoms with Gasteiger partial charge in [-0.25, -0.2) is 26.6 Å². The van der Waals surface area contributed by atoms with Gasteiger partial charge in [-0.3, -0.25) is 14.1 Å². The van der Waals surface area contributed by atoms with Crippen LogP contribution in [0.4, 0.5) is 19.0 Å². The lowest BCUT2D eigenvalue weighted by atomic mass is 10.0. The number of hydrogen-bond donors (Lipinski definition) is 1. The zero-order valence-electron chi connectivity index (χ0n) is 20.0. The van der Waals surface area contributed by atoms with Crippen molar-refractivity contribution in [2.75, 3.05) is 11.8 Å². The van der Waals surface area contributed by atoms with Gasteiger partial charge in [0, 0.05) is 28.1 Å². The smallest absolute Gasteiger partial charge is 0.263 e. The molecule has 0 saturated heterocycles. The summed E-state index contributed by atoms with van der Waals surface area (Å²) in [7, 11) is -2.79. The minimum Gasteiger partial charge on any atom is -0.495 e. The number of pyridine rings is 2. The minimum absolute atomic E-state index is 0.000794. The zero-order chi connectivity index (χ0) is 27.9. The highest BCUT2D eigenvalue weighted by Crippen LogP contribution is 2.35. The number of ether oxygens (including phenoxy) is 1. The first-order chi connectivity index (χ1) is 18.6. The number of methoxy groups -OCH3 is 1. The number of aromatic nitrogens is 2. The average molecular weight is 572 g/mol. The van der Waals surface area contributed by atoms with E-state index in [9.17, 15) is 22.0 Å². The highest BCUT2D eigenvalue weighted by Gasteiger charge is 2.20. The molecule has 3 aromatic carbocycles. The van der Waals surface area contributed by atoms with E-state index in [1.165, 1.54) is 60.2 Å². The molecule has 5 rings (SSSR count). The van der Waals surface area contributed by atoms with E-state index in [1.807, 2.05) is 0 Å². The summed E-state index contributed by atoms with van der Waals surface area (Å²) in [5, 5.41) is 0.418. The van der Waals surface area contributed by atoms with E-state index in [0.717, 1.165) is 30.5 Å². The Morgan fingerprint density at radius 1 is 0.923 bits per heavy atom. The molecule has 7 nitrogen and oxygen atoms in total. The topological polar surface area (TPSA) is 90.3 Å². The summed E-state index contributed by atoms with van der Waals surface area (Å²) in [5.74, 6) is -2.03. The Hall–Kier alpha value is -4.35. The Labute approximate surface area is 225 Å². The Bertz CT molecular complexity index is 1890. The second-order valence-corrected chi connectivity index (χ2v) is 10.5. The maximum Gasteiger partial charge on any atom is 0.263 e. The molecule has 0 aliphatic rings. The quantitative estimate of drug-likeness (QED) is 0.273. The molecule has 0 aliphatic carbocycles. The molecule has 0 amide bonds. The number of nitrogens with zero attached hydrogens (tertiary/aromatic N) is 2. The number of sulfonamides is 1. The molecule has 1 N–H and O–H groups in total. The summed E-state index contributed by atoms with van der Waals surface area (Å²) in [5.41, 5.74) is -0.0579. The highest BCUT2D eigenvalue weighted by molar-refractivity contribution is 7.92. The van der Waals surface area contributed by atoms with Crippen LogP contribution in [-0.2, 0) is 10.0 Å². The molecule has 5 aromatic rings. The van der Waals surface area contributed by atoms with Crippen LogP contribution >= 0.6 is 11.6 Å². The number of benzene rings is 3. The van der Waals surface area contributed by atoms with E-state index in [1.54, 1.807) is 0 Å². The molecule has 198 valence electrons. The van der Waals surface area contributed by atoms with Crippen molar-refractivity contribution < 1.29 is 26.3 Å². The predicted molar refractivity (Wildman–Crippen MR) is 141 cm³/mol. The van der Waals surface area contributed by atoms with Gasteiger partial charge in [0.1, 0.15) is 29.0 Å². The molecule has 39 heavy (non-hydrogen) atoms. The number of anilines is 1. The number of hydrogen-bond acceptors (Lipinski definition) is 5. The van der Waals surface area contributed by atoms with Crippen molar-refractivity contribution >= 4 is 38.3 Å². The Balaban J connectivity index is 1.62. The van der Waals surface area contributed by atoms with Gasteiger partial charge in [0.2, 0.25) is 0 Å². The van der Waals surface area contributed by atoms with Crippen LogP contribution in [0.5, 0.6) is 5.75 Å². The van der Waals surface area contributed by atoms with Crippen LogP contribution in [0.25, 0.3) is 27.7 Å². The van der Waals surface area contributed by atoms with Crippen LogP contribution in [0.15, 0.2) is 88.7 Å². The van der Waals surface area contributed by atoms with E-state index in [4.69, 9.17) is 16.3 Å².